The second-order valence-corrected chi connectivity index (χ2v) is 3.30. The van der Waals surface area contributed by atoms with Crippen molar-refractivity contribution in [2.45, 2.75) is 12.8 Å². The van der Waals surface area contributed by atoms with Crippen LogP contribution in [0.2, 0.25) is 0 Å². The number of carbonyl (C=O) groups is 1. The van der Waals surface area contributed by atoms with Crippen molar-refractivity contribution in [2.75, 3.05) is 20.6 Å². The van der Waals surface area contributed by atoms with Gasteiger partial charge in [0.15, 0.2) is 5.78 Å². The van der Waals surface area contributed by atoms with Crippen LogP contribution in [-0.2, 0) is 4.79 Å². The van der Waals surface area contributed by atoms with E-state index in [4.69, 9.17) is 0 Å². The second-order valence-electron chi connectivity index (χ2n) is 3.30. The second kappa shape index (κ2) is 4.21. The molecular weight excluding hydrogens is 150 g/mol. The Morgan fingerprint density at radius 2 is 2.33 bits per heavy atom. The van der Waals surface area contributed by atoms with Gasteiger partial charge in [0.1, 0.15) is 0 Å². The maximum Gasteiger partial charge on any atom is 0.160 e. The highest BCUT2D eigenvalue weighted by molar-refractivity contribution is 5.96. The summed E-state index contributed by atoms with van der Waals surface area (Å²) in [5.74, 6) is 0.286. The minimum atomic E-state index is 0.286. The maximum absolute atomic E-state index is 11.4. The van der Waals surface area contributed by atoms with E-state index in [9.17, 15) is 4.79 Å². The van der Waals surface area contributed by atoms with Crippen LogP contribution in [0.1, 0.15) is 12.8 Å². The first-order valence-electron chi connectivity index (χ1n) is 4.24. The molecule has 1 aliphatic rings. The van der Waals surface area contributed by atoms with E-state index in [2.05, 4.69) is 0 Å². The smallest absolute Gasteiger partial charge is 0.160 e. The number of nitrogens with zero attached hydrogens (tertiary/aromatic N) is 1. The minimum absolute atomic E-state index is 0.286. The molecular formula is C10H15NO. The van der Waals surface area contributed by atoms with Crippen molar-refractivity contribution in [3.05, 3.63) is 23.8 Å². The molecule has 1 rings (SSSR count). The van der Waals surface area contributed by atoms with Crippen LogP contribution in [0.3, 0.4) is 0 Å². The molecule has 0 N–H and O–H groups in total. The van der Waals surface area contributed by atoms with Gasteiger partial charge >= 0.3 is 0 Å². The van der Waals surface area contributed by atoms with Crippen molar-refractivity contribution >= 4 is 5.78 Å². The van der Waals surface area contributed by atoms with Gasteiger partial charge in [0, 0.05) is 13.0 Å². The molecule has 0 saturated carbocycles. The first-order chi connectivity index (χ1) is 5.70. The third-order valence-corrected chi connectivity index (χ3v) is 1.92. The monoisotopic (exact) mass is 165 g/mol. The molecule has 0 amide bonds. The molecule has 0 aliphatic heterocycles. The summed E-state index contributed by atoms with van der Waals surface area (Å²) in [6.45, 7) is 0.843. The van der Waals surface area contributed by atoms with E-state index in [0.717, 1.165) is 18.5 Å². The number of hydrogen-bond acceptors (Lipinski definition) is 2. The topological polar surface area (TPSA) is 20.3 Å². The van der Waals surface area contributed by atoms with Gasteiger partial charge < -0.3 is 4.90 Å². The number of rotatable bonds is 4. The summed E-state index contributed by atoms with van der Waals surface area (Å²) in [5.41, 5.74) is 0.955. The van der Waals surface area contributed by atoms with Crippen LogP contribution < -0.4 is 0 Å². The van der Waals surface area contributed by atoms with Crippen LogP contribution in [0, 0.1) is 0 Å². The van der Waals surface area contributed by atoms with Gasteiger partial charge in [0.25, 0.3) is 0 Å². The summed E-state index contributed by atoms with van der Waals surface area (Å²) in [6, 6.07) is 0. The van der Waals surface area contributed by atoms with Gasteiger partial charge in [0.2, 0.25) is 0 Å². The molecule has 0 spiro atoms. The maximum atomic E-state index is 11.4. The predicted molar refractivity (Wildman–Crippen MR) is 50.0 cm³/mol. The SMILES string of the molecule is CN(C)CCC(=O)C1=CC=CC1. The third kappa shape index (κ3) is 2.62. The molecule has 1 aliphatic carbocycles. The Labute approximate surface area is 73.6 Å². The minimum Gasteiger partial charge on any atom is -0.309 e. The van der Waals surface area contributed by atoms with Crippen LogP contribution in [0.4, 0.5) is 0 Å². The average molecular weight is 165 g/mol. The zero-order valence-electron chi connectivity index (χ0n) is 7.71. The van der Waals surface area contributed by atoms with E-state index in [-0.39, 0.29) is 5.78 Å². The Bertz CT molecular complexity index is 226. The quantitative estimate of drug-likeness (QED) is 0.627. The summed E-state index contributed by atoms with van der Waals surface area (Å²) in [6.07, 6.45) is 7.34. The number of Topliss-reactive ketones (excluding diaryl/α,β-unsaturated/α-hetero) is 1. The standard InChI is InChI=1S/C10H15NO/c1-11(2)8-7-10(12)9-5-3-4-6-9/h3-5H,6-8H2,1-2H3. The number of allylic oxidation sites excluding steroid dienone is 4. The number of carbonyl (C=O) groups excluding carboxylic acids is 1. The fourth-order valence-electron chi connectivity index (χ4n) is 1.14. The third-order valence-electron chi connectivity index (χ3n) is 1.92. The largest absolute Gasteiger partial charge is 0.309 e. The summed E-state index contributed by atoms with van der Waals surface area (Å²) >= 11 is 0. The van der Waals surface area contributed by atoms with Crippen molar-refractivity contribution in [3.8, 4) is 0 Å². The van der Waals surface area contributed by atoms with E-state index in [1.807, 2.05) is 37.2 Å². The Kier molecular flexibility index (Phi) is 3.23. The lowest BCUT2D eigenvalue weighted by molar-refractivity contribution is -0.115. The van der Waals surface area contributed by atoms with Crippen LogP contribution in [0.25, 0.3) is 0 Å². The summed E-state index contributed by atoms with van der Waals surface area (Å²) in [4.78, 5) is 13.4. The molecule has 66 valence electrons. The molecule has 0 aromatic rings. The molecule has 0 radical (unpaired) electrons. The molecule has 0 aromatic carbocycles. The summed E-state index contributed by atoms with van der Waals surface area (Å²) in [5, 5.41) is 0. The molecule has 2 heteroatoms. The molecule has 0 saturated heterocycles. The molecule has 2 nitrogen and oxygen atoms in total. The lowest BCUT2D eigenvalue weighted by atomic mass is 10.1. The normalized spacial score (nSPS) is 15.4. The zero-order valence-corrected chi connectivity index (χ0v) is 7.71. The van der Waals surface area contributed by atoms with Gasteiger partial charge in [-0.2, -0.15) is 0 Å². The molecule has 0 fully saturated rings. The van der Waals surface area contributed by atoms with E-state index in [1.165, 1.54) is 0 Å². The Morgan fingerprint density at radius 3 is 2.83 bits per heavy atom. The Balaban J connectivity index is 2.29. The summed E-state index contributed by atoms with van der Waals surface area (Å²) < 4.78 is 0. The Hall–Kier alpha value is -0.890. The van der Waals surface area contributed by atoms with Gasteiger partial charge in [-0.1, -0.05) is 18.2 Å². The van der Waals surface area contributed by atoms with E-state index in [0.29, 0.717) is 6.42 Å². The first-order valence-corrected chi connectivity index (χ1v) is 4.24. The van der Waals surface area contributed by atoms with Gasteiger partial charge in [-0.25, -0.2) is 0 Å². The molecule has 0 unspecified atom stereocenters. The lowest BCUT2D eigenvalue weighted by Gasteiger charge is -2.08. The van der Waals surface area contributed by atoms with Crippen molar-refractivity contribution in [1.29, 1.82) is 0 Å². The van der Waals surface area contributed by atoms with Crippen molar-refractivity contribution in [3.63, 3.8) is 0 Å². The van der Waals surface area contributed by atoms with Crippen molar-refractivity contribution < 1.29 is 4.79 Å². The molecule has 0 atom stereocenters. The van der Waals surface area contributed by atoms with Gasteiger partial charge in [-0.3, -0.25) is 4.79 Å². The average Bonchev–Trinajstić information content (AvgIpc) is 2.51. The molecule has 0 heterocycles. The van der Waals surface area contributed by atoms with Gasteiger partial charge in [-0.15, -0.1) is 0 Å². The van der Waals surface area contributed by atoms with Crippen molar-refractivity contribution in [1.82, 2.24) is 4.90 Å². The molecule has 0 bridgehead atoms. The Morgan fingerprint density at radius 1 is 1.58 bits per heavy atom. The van der Waals surface area contributed by atoms with Crippen LogP contribution >= 0.6 is 0 Å². The molecule has 12 heavy (non-hydrogen) atoms. The van der Waals surface area contributed by atoms with Crippen LogP contribution in [0.15, 0.2) is 23.8 Å². The number of ketones is 1. The highest BCUT2D eigenvalue weighted by atomic mass is 16.1. The van der Waals surface area contributed by atoms with E-state index in [1.54, 1.807) is 0 Å². The summed E-state index contributed by atoms with van der Waals surface area (Å²) in [7, 11) is 3.96. The van der Waals surface area contributed by atoms with Gasteiger partial charge in [0.05, 0.1) is 0 Å². The highest BCUT2D eigenvalue weighted by Crippen LogP contribution is 2.12. The highest BCUT2D eigenvalue weighted by Gasteiger charge is 2.09. The first kappa shape index (κ1) is 9.20. The fourth-order valence-corrected chi connectivity index (χ4v) is 1.14. The van der Waals surface area contributed by atoms with Crippen LogP contribution in [0.5, 0.6) is 0 Å². The molecule has 0 aromatic heterocycles. The van der Waals surface area contributed by atoms with Crippen molar-refractivity contribution in [2.24, 2.45) is 0 Å². The predicted octanol–water partition coefficient (Wildman–Crippen LogP) is 1.39. The van der Waals surface area contributed by atoms with E-state index >= 15 is 0 Å². The van der Waals surface area contributed by atoms with Gasteiger partial charge in [-0.05, 0) is 26.1 Å². The van der Waals surface area contributed by atoms with E-state index < -0.39 is 0 Å². The van der Waals surface area contributed by atoms with Crippen LogP contribution in [-0.4, -0.2) is 31.3 Å². The lowest BCUT2D eigenvalue weighted by Crippen LogP contribution is -2.17. The zero-order chi connectivity index (χ0) is 8.97. The number of hydrogen-bond donors (Lipinski definition) is 0. The fraction of sp³-hybridized carbons (Fsp3) is 0.500.